The van der Waals surface area contributed by atoms with Gasteiger partial charge in [-0.25, -0.2) is 9.50 Å². The molecule has 1 atom stereocenters. The van der Waals surface area contributed by atoms with E-state index >= 15 is 0 Å². The normalized spacial score (nSPS) is 12.1. The zero-order valence-corrected chi connectivity index (χ0v) is 18.2. The maximum Gasteiger partial charge on any atom is 0.253 e. The summed E-state index contributed by atoms with van der Waals surface area (Å²) >= 11 is 1.32. The van der Waals surface area contributed by atoms with Gasteiger partial charge in [0.05, 0.1) is 0 Å². The summed E-state index contributed by atoms with van der Waals surface area (Å²) in [5.74, 6) is 0.427. The van der Waals surface area contributed by atoms with Crippen molar-refractivity contribution in [1.29, 1.82) is 0 Å². The highest BCUT2D eigenvalue weighted by Gasteiger charge is 2.25. The summed E-state index contributed by atoms with van der Waals surface area (Å²) in [6.07, 6.45) is 0. The average molecular weight is 418 g/mol. The van der Waals surface area contributed by atoms with E-state index in [9.17, 15) is 4.79 Å². The number of fused-ring (bicyclic) bond motifs is 1. The average Bonchev–Trinajstić information content (AvgIpc) is 3.12. The Morgan fingerprint density at radius 1 is 1.00 bits per heavy atom. The van der Waals surface area contributed by atoms with Gasteiger partial charge in [0.1, 0.15) is 5.25 Å². The third kappa shape index (κ3) is 4.21. The van der Waals surface area contributed by atoms with Crippen LogP contribution in [-0.2, 0) is 4.79 Å². The van der Waals surface area contributed by atoms with Crippen LogP contribution in [-0.4, -0.2) is 25.5 Å². The van der Waals surface area contributed by atoms with E-state index in [2.05, 4.69) is 20.4 Å². The van der Waals surface area contributed by atoms with Gasteiger partial charge >= 0.3 is 0 Å². The summed E-state index contributed by atoms with van der Waals surface area (Å²) in [5, 5.41) is 7.67. The lowest BCUT2D eigenvalue weighted by Gasteiger charge is -2.17. The predicted octanol–water partition coefficient (Wildman–Crippen LogP) is 4.83. The minimum absolute atomic E-state index is 0.111. The largest absolute Gasteiger partial charge is 0.325 e. The lowest BCUT2D eigenvalue weighted by Crippen LogP contribution is -2.19. The molecule has 4 rings (SSSR count). The summed E-state index contributed by atoms with van der Waals surface area (Å²) in [6, 6.07) is 17.7. The maximum atomic E-state index is 13.3. The highest BCUT2D eigenvalue weighted by Crippen LogP contribution is 2.35. The number of thioether (sulfide) groups is 1. The first-order valence-corrected chi connectivity index (χ1v) is 10.6. The monoisotopic (exact) mass is 417 g/mol. The quantitative estimate of drug-likeness (QED) is 0.471. The van der Waals surface area contributed by atoms with Crippen LogP contribution in [0, 0.1) is 27.7 Å². The van der Waals surface area contributed by atoms with Crippen LogP contribution in [0.2, 0.25) is 0 Å². The van der Waals surface area contributed by atoms with Gasteiger partial charge < -0.3 is 5.32 Å². The van der Waals surface area contributed by atoms with Crippen LogP contribution in [0.4, 0.5) is 5.69 Å². The molecule has 2 heterocycles. The number of nitrogens with one attached hydrogen (secondary N) is 1. The summed E-state index contributed by atoms with van der Waals surface area (Å²) in [7, 11) is 0. The fraction of sp³-hybridized carbons (Fsp3) is 0.217. The van der Waals surface area contributed by atoms with Gasteiger partial charge in [0.25, 0.3) is 5.78 Å². The van der Waals surface area contributed by atoms with E-state index in [1.165, 1.54) is 11.8 Å². The third-order valence-corrected chi connectivity index (χ3v) is 5.92. The molecule has 0 bridgehead atoms. The van der Waals surface area contributed by atoms with Gasteiger partial charge in [0.15, 0.2) is 0 Å². The lowest BCUT2D eigenvalue weighted by atomic mass is 10.1. The summed E-state index contributed by atoms with van der Waals surface area (Å²) in [6.45, 7) is 7.89. The van der Waals surface area contributed by atoms with Crippen molar-refractivity contribution in [2.45, 2.75) is 38.1 Å². The Balaban J connectivity index is 1.68. The van der Waals surface area contributed by atoms with Crippen LogP contribution < -0.4 is 5.32 Å². The van der Waals surface area contributed by atoms with E-state index in [1.807, 2.05) is 82.3 Å². The van der Waals surface area contributed by atoms with E-state index < -0.39 is 5.25 Å². The van der Waals surface area contributed by atoms with Crippen molar-refractivity contribution in [3.05, 3.63) is 82.7 Å². The molecule has 4 aromatic rings. The molecule has 0 fully saturated rings. The Hall–Kier alpha value is -3.19. The van der Waals surface area contributed by atoms with Crippen molar-refractivity contribution >= 4 is 29.1 Å². The highest BCUT2D eigenvalue weighted by molar-refractivity contribution is 8.00. The number of aryl methyl sites for hydroxylation is 4. The van der Waals surface area contributed by atoms with E-state index in [0.717, 1.165) is 33.8 Å². The standard InChI is InChI=1S/C23H23N5OS/c1-14-10-11-15(2)19(12-14)25-21(29)20(18-8-6-5-7-9-18)30-23-26-22-24-16(3)13-17(4)28(22)27-23/h5-13,20H,1-4H3,(H,25,29). The number of nitrogens with zero attached hydrogens (tertiary/aromatic N) is 4. The first-order valence-electron chi connectivity index (χ1n) is 9.71. The molecule has 2 aromatic carbocycles. The van der Waals surface area contributed by atoms with Crippen molar-refractivity contribution < 1.29 is 4.79 Å². The van der Waals surface area contributed by atoms with Crippen LogP contribution in [0.5, 0.6) is 0 Å². The molecule has 0 aliphatic rings. The number of rotatable bonds is 5. The van der Waals surface area contributed by atoms with Crippen molar-refractivity contribution in [1.82, 2.24) is 19.6 Å². The Bertz CT molecular complexity index is 1220. The zero-order chi connectivity index (χ0) is 21.3. The number of anilines is 1. The highest BCUT2D eigenvalue weighted by atomic mass is 32.2. The fourth-order valence-corrected chi connectivity index (χ4v) is 4.21. The van der Waals surface area contributed by atoms with Gasteiger partial charge in [0.2, 0.25) is 11.1 Å². The molecule has 0 radical (unpaired) electrons. The molecule has 0 aliphatic heterocycles. The lowest BCUT2D eigenvalue weighted by molar-refractivity contribution is -0.115. The van der Waals surface area contributed by atoms with Crippen LogP contribution in [0.15, 0.2) is 59.8 Å². The second-order valence-electron chi connectivity index (χ2n) is 7.36. The maximum absolute atomic E-state index is 13.3. The third-order valence-electron chi connectivity index (χ3n) is 4.81. The number of hydrogen-bond donors (Lipinski definition) is 1. The first kappa shape index (κ1) is 20.1. The molecular weight excluding hydrogens is 394 g/mol. The minimum atomic E-state index is -0.495. The number of amides is 1. The zero-order valence-electron chi connectivity index (χ0n) is 17.4. The molecule has 6 nitrogen and oxygen atoms in total. The molecule has 30 heavy (non-hydrogen) atoms. The van der Waals surface area contributed by atoms with Gasteiger partial charge in [-0.2, -0.15) is 4.98 Å². The molecule has 7 heteroatoms. The van der Waals surface area contributed by atoms with Gasteiger partial charge in [-0.1, -0.05) is 54.2 Å². The number of aromatic nitrogens is 4. The van der Waals surface area contributed by atoms with Gasteiger partial charge in [-0.15, -0.1) is 5.10 Å². The number of carbonyl (C=O) groups is 1. The summed E-state index contributed by atoms with van der Waals surface area (Å²) < 4.78 is 1.71. The van der Waals surface area contributed by atoms with Gasteiger partial charge in [-0.3, -0.25) is 4.79 Å². The number of hydrogen-bond acceptors (Lipinski definition) is 5. The van der Waals surface area contributed by atoms with Crippen molar-refractivity contribution in [3.8, 4) is 0 Å². The van der Waals surface area contributed by atoms with Crippen molar-refractivity contribution in [2.24, 2.45) is 0 Å². The van der Waals surface area contributed by atoms with E-state index in [4.69, 9.17) is 0 Å². The first-order chi connectivity index (χ1) is 14.4. The van der Waals surface area contributed by atoms with Crippen molar-refractivity contribution in [3.63, 3.8) is 0 Å². The topological polar surface area (TPSA) is 72.2 Å². The molecule has 0 aliphatic carbocycles. The van der Waals surface area contributed by atoms with Crippen LogP contribution in [0.25, 0.3) is 5.78 Å². The van der Waals surface area contributed by atoms with Crippen LogP contribution in [0.3, 0.4) is 0 Å². The van der Waals surface area contributed by atoms with E-state index in [-0.39, 0.29) is 5.91 Å². The Labute approximate surface area is 179 Å². The molecule has 0 saturated carbocycles. The minimum Gasteiger partial charge on any atom is -0.325 e. The molecule has 0 saturated heterocycles. The second-order valence-corrected chi connectivity index (χ2v) is 8.43. The molecule has 152 valence electrons. The summed E-state index contributed by atoms with van der Waals surface area (Å²) in [4.78, 5) is 22.3. The van der Waals surface area contributed by atoms with Crippen molar-refractivity contribution in [2.75, 3.05) is 5.32 Å². The summed E-state index contributed by atoms with van der Waals surface area (Å²) in [5.41, 5.74) is 5.66. The fourth-order valence-electron chi connectivity index (χ4n) is 3.27. The van der Waals surface area contributed by atoms with Crippen LogP contribution in [0.1, 0.15) is 33.3 Å². The Kier molecular flexibility index (Phi) is 5.55. The molecule has 0 spiro atoms. The Morgan fingerprint density at radius 2 is 1.77 bits per heavy atom. The predicted molar refractivity (Wildman–Crippen MR) is 120 cm³/mol. The van der Waals surface area contributed by atoms with E-state index in [0.29, 0.717) is 10.9 Å². The molecule has 1 unspecified atom stereocenters. The number of benzene rings is 2. The SMILES string of the molecule is Cc1ccc(C)c(NC(=O)C(Sc2nc3nc(C)cc(C)n3n2)c2ccccc2)c1. The van der Waals surface area contributed by atoms with E-state index in [1.54, 1.807) is 4.52 Å². The molecular formula is C23H23N5OS. The molecule has 2 aromatic heterocycles. The number of carbonyl (C=O) groups excluding carboxylic acids is 1. The second kappa shape index (κ2) is 8.28. The molecule has 1 N–H and O–H groups in total. The van der Waals surface area contributed by atoms with Gasteiger partial charge in [-0.05, 0) is 56.5 Å². The smallest absolute Gasteiger partial charge is 0.253 e. The Morgan fingerprint density at radius 3 is 2.53 bits per heavy atom. The van der Waals surface area contributed by atoms with Gasteiger partial charge in [0, 0.05) is 17.1 Å². The van der Waals surface area contributed by atoms with Crippen LogP contribution >= 0.6 is 11.8 Å². The molecule has 1 amide bonds.